The highest BCUT2D eigenvalue weighted by Crippen LogP contribution is 2.20. The zero-order valence-electron chi connectivity index (χ0n) is 7.31. The summed E-state index contributed by atoms with van der Waals surface area (Å²) in [5.41, 5.74) is 6.88. The van der Waals surface area contributed by atoms with Gasteiger partial charge in [-0.15, -0.1) is 0 Å². The van der Waals surface area contributed by atoms with Gasteiger partial charge in [0.05, 0.1) is 25.7 Å². The van der Waals surface area contributed by atoms with Gasteiger partial charge in [-0.1, -0.05) is 0 Å². The van der Waals surface area contributed by atoms with Gasteiger partial charge in [-0.2, -0.15) is 0 Å². The van der Waals surface area contributed by atoms with Crippen LogP contribution in [0, 0.1) is 0 Å². The molecule has 0 radical (unpaired) electrons. The van der Waals surface area contributed by atoms with Gasteiger partial charge in [0.1, 0.15) is 0 Å². The van der Waals surface area contributed by atoms with Crippen molar-refractivity contribution in [3.8, 4) is 0 Å². The van der Waals surface area contributed by atoms with Gasteiger partial charge in [-0.3, -0.25) is 0 Å². The molecule has 0 bridgehead atoms. The Kier molecular flexibility index (Phi) is 2.63. The first-order valence-corrected chi connectivity index (χ1v) is 4.37. The molecule has 1 unspecified atom stereocenters. The maximum absolute atomic E-state index is 5.90. The number of furan rings is 1. The Balaban J connectivity index is 1.87. The van der Waals surface area contributed by atoms with Crippen LogP contribution < -0.4 is 5.73 Å². The lowest BCUT2D eigenvalue weighted by atomic mass is 10.1. The molecule has 4 heteroatoms. The second-order valence-electron chi connectivity index (χ2n) is 3.07. The van der Waals surface area contributed by atoms with Crippen LogP contribution in [0.3, 0.4) is 0 Å². The third-order valence-electron chi connectivity index (χ3n) is 2.11. The van der Waals surface area contributed by atoms with Crippen LogP contribution in [0.2, 0.25) is 0 Å². The number of hydrogen-bond acceptors (Lipinski definition) is 4. The quantitative estimate of drug-likeness (QED) is 0.760. The molecule has 0 amide bonds. The smallest absolute Gasteiger partial charge is 0.159 e. The average molecular weight is 183 g/mol. The Morgan fingerprint density at radius 2 is 2.23 bits per heavy atom. The van der Waals surface area contributed by atoms with Gasteiger partial charge in [0, 0.05) is 18.0 Å². The maximum atomic E-state index is 5.90. The molecule has 0 aliphatic carbocycles. The van der Waals surface area contributed by atoms with Gasteiger partial charge in [-0.05, 0) is 6.07 Å². The first kappa shape index (κ1) is 8.74. The molecule has 13 heavy (non-hydrogen) atoms. The summed E-state index contributed by atoms with van der Waals surface area (Å²) >= 11 is 0. The minimum Gasteiger partial charge on any atom is -0.472 e. The molecule has 1 saturated heterocycles. The van der Waals surface area contributed by atoms with Crippen molar-refractivity contribution < 1.29 is 13.9 Å². The third kappa shape index (κ3) is 2.09. The van der Waals surface area contributed by atoms with Gasteiger partial charge in [0.25, 0.3) is 0 Å². The van der Waals surface area contributed by atoms with Crippen LogP contribution in [-0.4, -0.2) is 19.5 Å². The van der Waals surface area contributed by atoms with E-state index in [1.165, 1.54) is 0 Å². The number of rotatable bonds is 3. The molecule has 1 atom stereocenters. The first-order valence-electron chi connectivity index (χ1n) is 4.37. The van der Waals surface area contributed by atoms with Crippen molar-refractivity contribution in [2.24, 2.45) is 5.73 Å². The number of hydrogen-bond donors (Lipinski definition) is 1. The molecule has 0 aromatic carbocycles. The van der Waals surface area contributed by atoms with E-state index in [9.17, 15) is 0 Å². The molecule has 0 saturated carbocycles. The van der Waals surface area contributed by atoms with Crippen molar-refractivity contribution >= 4 is 0 Å². The molecule has 1 aromatic rings. The molecule has 4 nitrogen and oxygen atoms in total. The Labute approximate surface area is 76.6 Å². The summed E-state index contributed by atoms with van der Waals surface area (Å²) in [5, 5.41) is 0. The van der Waals surface area contributed by atoms with E-state index in [4.69, 9.17) is 19.6 Å². The van der Waals surface area contributed by atoms with E-state index in [0.29, 0.717) is 19.6 Å². The van der Waals surface area contributed by atoms with Gasteiger partial charge in [0.15, 0.2) is 6.29 Å². The van der Waals surface area contributed by atoms with E-state index in [-0.39, 0.29) is 12.3 Å². The molecule has 2 rings (SSSR count). The van der Waals surface area contributed by atoms with E-state index in [1.54, 1.807) is 12.5 Å². The topological polar surface area (TPSA) is 57.6 Å². The van der Waals surface area contributed by atoms with Gasteiger partial charge >= 0.3 is 0 Å². The molecule has 2 heterocycles. The Bertz CT molecular complexity index is 241. The summed E-state index contributed by atoms with van der Waals surface area (Å²) in [4.78, 5) is 0. The highest BCUT2D eigenvalue weighted by Gasteiger charge is 2.20. The van der Waals surface area contributed by atoms with E-state index in [1.807, 2.05) is 6.07 Å². The maximum Gasteiger partial charge on any atom is 0.159 e. The van der Waals surface area contributed by atoms with Crippen molar-refractivity contribution in [3.05, 3.63) is 24.2 Å². The fourth-order valence-electron chi connectivity index (χ4n) is 1.37. The zero-order valence-corrected chi connectivity index (χ0v) is 7.31. The second-order valence-corrected chi connectivity index (χ2v) is 3.07. The van der Waals surface area contributed by atoms with Crippen LogP contribution in [0.1, 0.15) is 18.0 Å². The van der Waals surface area contributed by atoms with Gasteiger partial charge in [-0.25, -0.2) is 0 Å². The zero-order chi connectivity index (χ0) is 9.10. The van der Waals surface area contributed by atoms with Crippen LogP contribution in [-0.2, 0) is 9.47 Å². The lowest BCUT2D eigenvalue weighted by molar-refractivity contribution is -0.0507. The summed E-state index contributed by atoms with van der Waals surface area (Å²) in [5.74, 6) is 0. The summed E-state index contributed by atoms with van der Waals surface area (Å²) in [6.07, 6.45) is 3.80. The molecule has 2 N–H and O–H groups in total. The van der Waals surface area contributed by atoms with Gasteiger partial charge < -0.3 is 19.6 Å². The average Bonchev–Trinajstić information content (AvgIpc) is 2.74. The summed E-state index contributed by atoms with van der Waals surface area (Å²) in [7, 11) is 0. The molecular formula is C9H13NO3. The van der Waals surface area contributed by atoms with E-state index < -0.39 is 0 Å². The first-order chi connectivity index (χ1) is 6.36. The van der Waals surface area contributed by atoms with Crippen LogP contribution in [0.4, 0.5) is 0 Å². The second kappa shape index (κ2) is 3.91. The Hall–Kier alpha value is -0.840. The molecule has 72 valence electrons. The van der Waals surface area contributed by atoms with Crippen LogP contribution in [0.25, 0.3) is 0 Å². The van der Waals surface area contributed by atoms with Crippen LogP contribution in [0.15, 0.2) is 23.0 Å². The molecular weight excluding hydrogens is 170 g/mol. The Morgan fingerprint density at radius 3 is 2.85 bits per heavy atom. The standard InChI is InChI=1S/C9H13NO3/c10-8(7-1-2-11-6-7)5-9-12-3-4-13-9/h1-2,6,8-9H,3-5,10H2. The fraction of sp³-hybridized carbons (Fsp3) is 0.556. The minimum atomic E-state index is -0.148. The van der Waals surface area contributed by atoms with Crippen molar-refractivity contribution in [1.29, 1.82) is 0 Å². The third-order valence-corrected chi connectivity index (χ3v) is 2.11. The summed E-state index contributed by atoms with van der Waals surface area (Å²) < 4.78 is 15.5. The lowest BCUT2D eigenvalue weighted by Gasteiger charge is -2.13. The van der Waals surface area contributed by atoms with Crippen LogP contribution in [0.5, 0.6) is 0 Å². The molecule has 1 fully saturated rings. The fourth-order valence-corrected chi connectivity index (χ4v) is 1.37. The highest BCUT2D eigenvalue weighted by molar-refractivity contribution is 5.10. The largest absolute Gasteiger partial charge is 0.472 e. The predicted molar refractivity (Wildman–Crippen MR) is 45.9 cm³/mol. The van der Waals surface area contributed by atoms with Crippen molar-refractivity contribution in [2.75, 3.05) is 13.2 Å². The SMILES string of the molecule is NC(CC1OCCO1)c1ccoc1. The van der Waals surface area contributed by atoms with Crippen molar-refractivity contribution in [2.45, 2.75) is 18.8 Å². The van der Waals surface area contributed by atoms with E-state index >= 15 is 0 Å². The van der Waals surface area contributed by atoms with Crippen LogP contribution >= 0.6 is 0 Å². The normalized spacial score (nSPS) is 20.7. The van der Waals surface area contributed by atoms with E-state index in [2.05, 4.69) is 0 Å². The summed E-state index contributed by atoms with van der Waals surface area (Å²) in [6.45, 7) is 1.34. The summed E-state index contributed by atoms with van der Waals surface area (Å²) in [6, 6.07) is 1.79. The Morgan fingerprint density at radius 1 is 1.46 bits per heavy atom. The molecule has 1 aromatic heterocycles. The number of ether oxygens (including phenoxy) is 2. The monoisotopic (exact) mass is 183 g/mol. The highest BCUT2D eigenvalue weighted by atomic mass is 16.7. The predicted octanol–water partition coefficient (Wildman–Crippen LogP) is 1.04. The number of nitrogens with two attached hydrogens (primary N) is 1. The molecule has 1 aliphatic rings. The van der Waals surface area contributed by atoms with Crippen molar-refractivity contribution in [1.82, 2.24) is 0 Å². The lowest BCUT2D eigenvalue weighted by Crippen LogP contribution is -2.18. The minimum absolute atomic E-state index is 0.0677. The van der Waals surface area contributed by atoms with E-state index in [0.717, 1.165) is 5.56 Å². The molecule has 0 spiro atoms. The van der Waals surface area contributed by atoms with Crippen molar-refractivity contribution in [3.63, 3.8) is 0 Å². The van der Waals surface area contributed by atoms with Gasteiger partial charge in [0.2, 0.25) is 0 Å². The molecule has 1 aliphatic heterocycles.